The maximum atomic E-state index is 4.48. The van der Waals surface area contributed by atoms with Gasteiger partial charge in [0.25, 0.3) is 0 Å². The van der Waals surface area contributed by atoms with Crippen molar-refractivity contribution in [3.05, 3.63) is 15.9 Å². The number of hydrogen-bond donors (Lipinski definition) is 1. The Kier molecular flexibility index (Phi) is 2.90. The Labute approximate surface area is 99.4 Å². The van der Waals surface area contributed by atoms with Gasteiger partial charge in [0.1, 0.15) is 0 Å². The Morgan fingerprint density at radius 2 is 2.20 bits per heavy atom. The fraction of sp³-hybridized carbons (Fsp3) is 0.727. The fourth-order valence-corrected chi connectivity index (χ4v) is 2.43. The molecular weight excluding hydrogens is 254 g/mol. The minimum Gasteiger partial charge on any atom is -0.306 e. The molecule has 0 aliphatic heterocycles. The molecule has 1 saturated carbocycles. The minimum atomic E-state index is 0.385. The van der Waals surface area contributed by atoms with Gasteiger partial charge in [-0.05, 0) is 42.1 Å². The van der Waals surface area contributed by atoms with Crippen LogP contribution in [-0.2, 0) is 20.0 Å². The van der Waals surface area contributed by atoms with Crippen molar-refractivity contribution in [3.8, 4) is 0 Å². The highest BCUT2D eigenvalue weighted by atomic mass is 79.9. The summed E-state index contributed by atoms with van der Waals surface area (Å²) in [7, 11) is 2.01. The van der Waals surface area contributed by atoms with Crippen LogP contribution < -0.4 is 5.32 Å². The maximum absolute atomic E-state index is 4.48. The van der Waals surface area contributed by atoms with Gasteiger partial charge < -0.3 is 5.32 Å². The first kappa shape index (κ1) is 11.1. The second kappa shape index (κ2) is 3.91. The van der Waals surface area contributed by atoms with E-state index >= 15 is 0 Å². The Balaban J connectivity index is 2.09. The van der Waals surface area contributed by atoms with Crippen molar-refractivity contribution in [2.24, 2.45) is 7.05 Å². The average molecular weight is 272 g/mol. The summed E-state index contributed by atoms with van der Waals surface area (Å²) in [5.41, 5.74) is 2.78. The maximum Gasteiger partial charge on any atom is 0.0767 e. The first-order valence-electron chi connectivity index (χ1n) is 5.51. The minimum absolute atomic E-state index is 0.385. The molecule has 4 heteroatoms. The van der Waals surface area contributed by atoms with Gasteiger partial charge in [0, 0.05) is 19.1 Å². The molecule has 2 rings (SSSR count). The van der Waals surface area contributed by atoms with Crippen LogP contribution in [0.15, 0.2) is 4.47 Å². The predicted octanol–water partition coefficient (Wildman–Crippen LogP) is 2.39. The molecule has 84 valence electrons. The highest BCUT2D eigenvalue weighted by Crippen LogP contribution is 2.35. The Morgan fingerprint density at radius 3 is 2.67 bits per heavy atom. The van der Waals surface area contributed by atoms with E-state index in [-0.39, 0.29) is 0 Å². The first-order chi connectivity index (χ1) is 7.06. The molecule has 0 unspecified atom stereocenters. The Hall–Kier alpha value is -0.350. The predicted molar refractivity (Wildman–Crippen MR) is 64.8 cm³/mol. The normalized spacial score (nSPS) is 18.1. The molecule has 1 aromatic heterocycles. The summed E-state index contributed by atoms with van der Waals surface area (Å²) in [4.78, 5) is 0. The zero-order chi connectivity index (χ0) is 11.1. The molecule has 15 heavy (non-hydrogen) atoms. The van der Waals surface area contributed by atoms with Crippen LogP contribution in [0.5, 0.6) is 0 Å². The average Bonchev–Trinajstić information content (AvgIpc) is 2.86. The zero-order valence-electron chi connectivity index (χ0n) is 9.60. The lowest BCUT2D eigenvalue weighted by atomic mass is 10.2. The van der Waals surface area contributed by atoms with E-state index in [0.717, 1.165) is 18.7 Å². The molecule has 0 bridgehead atoms. The van der Waals surface area contributed by atoms with Gasteiger partial charge in [-0.1, -0.05) is 6.92 Å². The summed E-state index contributed by atoms with van der Waals surface area (Å²) in [6.07, 6.45) is 3.57. The van der Waals surface area contributed by atoms with E-state index in [1.807, 2.05) is 11.7 Å². The van der Waals surface area contributed by atoms with E-state index in [4.69, 9.17) is 0 Å². The highest BCUT2D eigenvalue weighted by Gasteiger charge is 2.36. The molecule has 0 radical (unpaired) electrons. The van der Waals surface area contributed by atoms with E-state index in [1.165, 1.54) is 23.0 Å². The molecule has 0 aromatic carbocycles. The van der Waals surface area contributed by atoms with Gasteiger partial charge in [-0.3, -0.25) is 4.68 Å². The molecule has 1 aliphatic rings. The summed E-state index contributed by atoms with van der Waals surface area (Å²) in [6.45, 7) is 5.31. The number of hydrogen-bond acceptors (Lipinski definition) is 2. The van der Waals surface area contributed by atoms with Gasteiger partial charge in [0.05, 0.1) is 15.9 Å². The third-order valence-corrected chi connectivity index (χ3v) is 4.10. The van der Waals surface area contributed by atoms with Crippen LogP contribution in [0.2, 0.25) is 0 Å². The number of nitrogens with zero attached hydrogens (tertiary/aromatic N) is 2. The summed E-state index contributed by atoms with van der Waals surface area (Å²) in [5, 5.41) is 8.06. The number of aryl methyl sites for hydroxylation is 2. The Bertz CT molecular complexity index is 366. The molecule has 0 atom stereocenters. The smallest absolute Gasteiger partial charge is 0.0767 e. The molecule has 3 nitrogen and oxygen atoms in total. The third-order valence-electron chi connectivity index (χ3n) is 3.19. The first-order valence-corrected chi connectivity index (χ1v) is 6.30. The van der Waals surface area contributed by atoms with Crippen LogP contribution >= 0.6 is 15.9 Å². The fourth-order valence-electron chi connectivity index (χ4n) is 1.67. The van der Waals surface area contributed by atoms with Gasteiger partial charge in [-0.25, -0.2) is 0 Å². The van der Waals surface area contributed by atoms with E-state index in [0.29, 0.717) is 5.54 Å². The van der Waals surface area contributed by atoms with Crippen molar-refractivity contribution in [1.82, 2.24) is 15.1 Å². The third kappa shape index (κ3) is 2.26. The standard InChI is InChI=1S/C11H18BrN3/c1-4-8-10(12)9(15(3)14-8)7-13-11(2)5-6-11/h13H,4-7H2,1-3H3. The van der Waals surface area contributed by atoms with Crippen molar-refractivity contribution in [1.29, 1.82) is 0 Å². The van der Waals surface area contributed by atoms with Crippen LogP contribution in [0.3, 0.4) is 0 Å². The Morgan fingerprint density at radius 1 is 1.53 bits per heavy atom. The lowest BCUT2D eigenvalue weighted by molar-refractivity contribution is 0.516. The lowest BCUT2D eigenvalue weighted by Gasteiger charge is -2.11. The van der Waals surface area contributed by atoms with Gasteiger partial charge >= 0.3 is 0 Å². The molecular formula is C11H18BrN3. The van der Waals surface area contributed by atoms with Crippen LogP contribution in [0.4, 0.5) is 0 Å². The number of halogens is 1. The SMILES string of the molecule is CCc1nn(C)c(CNC2(C)CC2)c1Br. The van der Waals surface area contributed by atoms with Crippen molar-refractivity contribution in [3.63, 3.8) is 0 Å². The van der Waals surface area contributed by atoms with Gasteiger partial charge in [0.15, 0.2) is 0 Å². The zero-order valence-corrected chi connectivity index (χ0v) is 11.2. The number of aromatic nitrogens is 2. The number of nitrogens with one attached hydrogen (secondary N) is 1. The van der Waals surface area contributed by atoms with E-state index in [2.05, 4.69) is 40.2 Å². The van der Waals surface area contributed by atoms with Crippen molar-refractivity contribution in [2.75, 3.05) is 0 Å². The monoisotopic (exact) mass is 271 g/mol. The van der Waals surface area contributed by atoms with Crippen LogP contribution in [0.1, 0.15) is 38.1 Å². The molecule has 0 spiro atoms. The van der Waals surface area contributed by atoms with E-state index in [1.54, 1.807) is 0 Å². The van der Waals surface area contributed by atoms with Crippen molar-refractivity contribution < 1.29 is 0 Å². The van der Waals surface area contributed by atoms with Crippen LogP contribution in [0, 0.1) is 0 Å². The van der Waals surface area contributed by atoms with Gasteiger partial charge in [0.2, 0.25) is 0 Å². The number of rotatable bonds is 4. The van der Waals surface area contributed by atoms with Gasteiger partial charge in [-0.2, -0.15) is 5.10 Å². The molecule has 1 aliphatic carbocycles. The quantitative estimate of drug-likeness (QED) is 0.912. The summed E-state index contributed by atoms with van der Waals surface area (Å²) in [5.74, 6) is 0. The largest absolute Gasteiger partial charge is 0.306 e. The second-order valence-electron chi connectivity index (χ2n) is 4.60. The molecule has 1 N–H and O–H groups in total. The van der Waals surface area contributed by atoms with E-state index in [9.17, 15) is 0 Å². The van der Waals surface area contributed by atoms with Crippen LogP contribution in [-0.4, -0.2) is 15.3 Å². The summed E-state index contributed by atoms with van der Waals surface area (Å²) in [6, 6.07) is 0. The molecule has 1 fully saturated rings. The van der Waals surface area contributed by atoms with Crippen molar-refractivity contribution >= 4 is 15.9 Å². The lowest BCUT2D eigenvalue weighted by Crippen LogP contribution is -2.28. The summed E-state index contributed by atoms with van der Waals surface area (Å²) >= 11 is 3.63. The highest BCUT2D eigenvalue weighted by molar-refractivity contribution is 9.10. The topological polar surface area (TPSA) is 29.9 Å². The molecule has 0 saturated heterocycles. The molecule has 1 aromatic rings. The van der Waals surface area contributed by atoms with Crippen LogP contribution in [0.25, 0.3) is 0 Å². The molecule has 1 heterocycles. The second-order valence-corrected chi connectivity index (χ2v) is 5.39. The molecule has 0 amide bonds. The van der Waals surface area contributed by atoms with E-state index < -0.39 is 0 Å². The van der Waals surface area contributed by atoms with Gasteiger partial charge in [-0.15, -0.1) is 0 Å². The van der Waals surface area contributed by atoms with Crippen molar-refractivity contribution in [2.45, 2.75) is 45.2 Å². The summed E-state index contributed by atoms with van der Waals surface area (Å²) < 4.78 is 3.14.